The average Bonchev–Trinajstić information content (AvgIpc) is 2.50. The molecule has 0 aliphatic heterocycles. The second kappa shape index (κ2) is 8.60. The zero-order valence-electron chi connectivity index (χ0n) is 12.3. The number of unbranched alkanes of at least 4 members (excludes halogenated alkanes) is 2. The summed E-state index contributed by atoms with van der Waals surface area (Å²) >= 11 is 7.03. The Morgan fingerprint density at radius 2 is 1.57 bits per heavy atom. The van der Waals surface area contributed by atoms with Crippen LogP contribution in [0, 0.1) is 0 Å². The SMILES string of the molecule is CCCCCc1ccc(NCc2ccc(Br)c(Br)c2)cc1. The molecule has 1 nitrogen and oxygen atoms in total. The lowest BCUT2D eigenvalue weighted by Gasteiger charge is -2.09. The van der Waals surface area contributed by atoms with Crippen LogP contribution in [-0.4, -0.2) is 0 Å². The molecule has 0 saturated carbocycles. The van der Waals surface area contributed by atoms with Crippen LogP contribution < -0.4 is 5.32 Å². The zero-order chi connectivity index (χ0) is 15.1. The molecule has 1 N–H and O–H groups in total. The summed E-state index contributed by atoms with van der Waals surface area (Å²) in [5.41, 5.74) is 3.87. The summed E-state index contributed by atoms with van der Waals surface area (Å²) in [4.78, 5) is 0. The number of anilines is 1. The van der Waals surface area contributed by atoms with Gasteiger partial charge in [0, 0.05) is 21.2 Å². The van der Waals surface area contributed by atoms with Crippen LogP contribution in [0.1, 0.15) is 37.3 Å². The largest absolute Gasteiger partial charge is 0.381 e. The van der Waals surface area contributed by atoms with Crippen molar-refractivity contribution in [1.29, 1.82) is 0 Å². The highest BCUT2D eigenvalue weighted by Crippen LogP contribution is 2.24. The van der Waals surface area contributed by atoms with Crippen molar-refractivity contribution in [3.8, 4) is 0 Å². The van der Waals surface area contributed by atoms with E-state index >= 15 is 0 Å². The molecule has 3 heteroatoms. The first-order chi connectivity index (χ1) is 10.2. The highest BCUT2D eigenvalue weighted by molar-refractivity contribution is 9.13. The maximum absolute atomic E-state index is 3.54. The second-order valence-electron chi connectivity index (χ2n) is 5.26. The first-order valence-corrected chi connectivity index (χ1v) is 9.04. The van der Waals surface area contributed by atoms with Crippen LogP contribution in [0.4, 0.5) is 5.69 Å². The molecule has 0 aliphatic carbocycles. The molecule has 0 bridgehead atoms. The molecule has 0 aliphatic rings. The number of hydrogen-bond acceptors (Lipinski definition) is 1. The van der Waals surface area contributed by atoms with Crippen LogP contribution in [0.5, 0.6) is 0 Å². The Labute approximate surface area is 144 Å². The van der Waals surface area contributed by atoms with E-state index in [0.717, 1.165) is 15.5 Å². The topological polar surface area (TPSA) is 12.0 Å². The highest BCUT2D eigenvalue weighted by atomic mass is 79.9. The summed E-state index contributed by atoms with van der Waals surface area (Å²) in [6.07, 6.45) is 5.07. The minimum atomic E-state index is 0.834. The molecule has 0 heterocycles. The summed E-state index contributed by atoms with van der Waals surface area (Å²) < 4.78 is 2.18. The molecule has 2 rings (SSSR count). The van der Waals surface area contributed by atoms with Crippen LogP contribution in [0.25, 0.3) is 0 Å². The summed E-state index contributed by atoms with van der Waals surface area (Å²) in [5.74, 6) is 0. The molecule has 0 saturated heterocycles. The minimum absolute atomic E-state index is 0.834. The van der Waals surface area contributed by atoms with Crippen molar-refractivity contribution in [3.63, 3.8) is 0 Å². The molecule has 0 spiro atoms. The number of benzene rings is 2. The predicted octanol–water partition coefficient (Wildman–Crippen LogP) is 6.56. The predicted molar refractivity (Wildman–Crippen MR) is 98.8 cm³/mol. The van der Waals surface area contributed by atoms with E-state index in [-0.39, 0.29) is 0 Å². The fraction of sp³-hybridized carbons (Fsp3) is 0.333. The van der Waals surface area contributed by atoms with E-state index in [4.69, 9.17) is 0 Å². The van der Waals surface area contributed by atoms with E-state index in [9.17, 15) is 0 Å². The van der Waals surface area contributed by atoms with Gasteiger partial charge in [-0.25, -0.2) is 0 Å². The molecule has 2 aromatic rings. The minimum Gasteiger partial charge on any atom is -0.381 e. The molecule has 0 fully saturated rings. The normalized spacial score (nSPS) is 10.6. The summed E-state index contributed by atoms with van der Waals surface area (Å²) in [6.45, 7) is 3.08. The molecule has 0 unspecified atom stereocenters. The zero-order valence-corrected chi connectivity index (χ0v) is 15.5. The molecule has 0 amide bonds. The Morgan fingerprint density at radius 3 is 2.24 bits per heavy atom. The maximum atomic E-state index is 3.54. The lowest BCUT2D eigenvalue weighted by molar-refractivity contribution is 0.717. The van der Waals surface area contributed by atoms with E-state index in [2.05, 4.69) is 86.6 Å². The summed E-state index contributed by atoms with van der Waals surface area (Å²) in [5, 5.41) is 3.47. The highest BCUT2D eigenvalue weighted by Gasteiger charge is 1.99. The number of halogens is 2. The first kappa shape index (κ1) is 16.6. The summed E-state index contributed by atoms with van der Waals surface area (Å²) in [6, 6.07) is 15.1. The molecule has 0 radical (unpaired) electrons. The fourth-order valence-corrected chi connectivity index (χ4v) is 2.89. The van der Waals surface area contributed by atoms with Gasteiger partial charge in [0.25, 0.3) is 0 Å². The number of hydrogen-bond donors (Lipinski definition) is 1. The molecular formula is C18H21Br2N. The molecule has 21 heavy (non-hydrogen) atoms. The van der Waals surface area contributed by atoms with Crippen molar-refractivity contribution in [2.24, 2.45) is 0 Å². The van der Waals surface area contributed by atoms with Crippen molar-refractivity contribution >= 4 is 37.5 Å². The molecule has 2 aromatic carbocycles. The van der Waals surface area contributed by atoms with Gasteiger partial charge in [-0.2, -0.15) is 0 Å². The number of rotatable bonds is 7. The molecule has 0 atom stereocenters. The third kappa shape index (κ3) is 5.48. The van der Waals surface area contributed by atoms with Crippen LogP contribution in [0.15, 0.2) is 51.4 Å². The quantitative estimate of drug-likeness (QED) is 0.509. The Kier molecular flexibility index (Phi) is 6.78. The van der Waals surface area contributed by atoms with Gasteiger partial charge in [0.15, 0.2) is 0 Å². The first-order valence-electron chi connectivity index (χ1n) is 7.46. The van der Waals surface area contributed by atoms with E-state index in [1.807, 2.05) is 0 Å². The van der Waals surface area contributed by atoms with Crippen molar-refractivity contribution < 1.29 is 0 Å². The third-order valence-electron chi connectivity index (χ3n) is 3.50. The van der Waals surface area contributed by atoms with Gasteiger partial charge in [-0.3, -0.25) is 0 Å². The van der Waals surface area contributed by atoms with E-state index in [1.54, 1.807) is 0 Å². The van der Waals surface area contributed by atoms with Crippen LogP contribution >= 0.6 is 31.9 Å². The van der Waals surface area contributed by atoms with Gasteiger partial charge < -0.3 is 5.32 Å². The lowest BCUT2D eigenvalue weighted by atomic mass is 10.1. The van der Waals surface area contributed by atoms with Crippen LogP contribution in [0.2, 0.25) is 0 Å². The maximum Gasteiger partial charge on any atom is 0.0401 e. The van der Waals surface area contributed by atoms with Gasteiger partial charge >= 0.3 is 0 Å². The van der Waals surface area contributed by atoms with E-state index in [1.165, 1.54) is 42.5 Å². The van der Waals surface area contributed by atoms with Crippen molar-refractivity contribution in [2.45, 2.75) is 39.2 Å². The van der Waals surface area contributed by atoms with Crippen molar-refractivity contribution in [2.75, 3.05) is 5.32 Å². The average molecular weight is 411 g/mol. The van der Waals surface area contributed by atoms with Crippen LogP contribution in [0.3, 0.4) is 0 Å². The summed E-state index contributed by atoms with van der Waals surface area (Å²) in [7, 11) is 0. The third-order valence-corrected chi connectivity index (χ3v) is 5.38. The Morgan fingerprint density at radius 1 is 0.857 bits per heavy atom. The Hall–Kier alpha value is -0.800. The lowest BCUT2D eigenvalue weighted by Crippen LogP contribution is -1.99. The number of aryl methyl sites for hydroxylation is 1. The second-order valence-corrected chi connectivity index (χ2v) is 6.96. The van der Waals surface area contributed by atoms with Crippen molar-refractivity contribution in [3.05, 3.63) is 62.5 Å². The van der Waals surface area contributed by atoms with Crippen molar-refractivity contribution in [1.82, 2.24) is 0 Å². The Bertz CT molecular complexity index is 564. The van der Waals surface area contributed by atoms with E-state index in [0.29, 0.717) is 0 Å². The number of nitrogens with one attached hydrogen (secondary N) is 1. The monoisotopic (exact) mass is 409 g/mol. The molecule has 0 aromatic heterocycles. The standard InChI is InChI=1S/C18H21Br2N/c1-2-3-4-5-14-6-9-16(10-7-14)21-13-15-8-11-17(19)18(20)12-15/h6-12,21H,2-5,13H2,1H3. The van der Waals surface area contributed by atoms with E-state index < -0.39 is 0 Å². The van der Waals surface area contributed by atoms with Gasteiger partial charge in [-0.05, 0) is 80.1 Å². The Balaban J connectivity index is 1.86. The molecular weight excluding hydrogens is 390 g/mol. The van der Waals surface area contributed by atoms with Gasteiger partial charge in [-0.1, -0.05) is 38.0 Å². The smallest absolute Gasteiger partial charge is 0.0401 e. The van der Waals surface area contributed by atoms with Gasteiger partial charge in [0.1, 0.15) is 0 Å². The van der Waals surface area contributed by atoms with Gasteiger partial charge in [0.05, 0.1) is 0 Å². The van der Waals surface area contributed by atoms with Crippen LogP contribution in [-0.2, 0) is 13.0 Å². The van der Waals surface area contributed by atoms with Gasteiger partial charge in [-0.15, -0.1) is 0 Å². The van der Waals surface area contributed by atoms with Gasteiger partial charge in [0.2, 0.25) is 0 Å². The molecule has 112 valence electrons. The fourth-order valence-electron chi connectivity index (χ4n) is 2.22.